The number of primary amides is 1. The molecule has 1 saturated carbocycles. The number of hydrogen-bond donors (Lipinski definition) is 5. The number of halogens is 1. The zero-order valence-electron chi connectivity index (χ0n) is 19.9. The summed E-state index contributed by atoms with van der Waals surface area (Å²) in [6.07, 6.45) is 0.419. The highest BCUT2D eigenvalue weighted by molar-refractivity contribution is 14.1. The van der Waals surface area contributed by atoms with Gasteiger partial charge in [0.25, 0.3) is 5.91 Å². The van der Waals surface area contributed by atoms with Crippen molar-refractivity contribution in [2.24, 2.45) is 17.6 Å². The number of rotatable bonds is 4. The maximum absolute atomic E-state index is 13.7. The lowest BCUT2D eigenvalue weighted by atomic mass is 9.59. The minimum atomic E-state index is -2.63. The Bertz CT molecular complexity index is 1540. The van der Waals surface area contributed by atoms with Gasteiger partial charge in [0.1, 0.15) is 34.9 Å². The van der Waals surface area contributed by atoms with E-state index < -0.39 is 58.4 Å². The van der Waals surface area contributed by atoms with Gasteiger partial charge in [-0.15, -0.1) is 0 Å². The van der Waals surface area contributed by atoms with Crippen LogP contribution < -0.4 is 10.5 Å². The number of Topliss-reactive ketones (excluding diaryl/α,β-unsaturated/α-hetero) is 2. The van der Waals surface area contributed by atoms with Crippen LogP contribution in [-0.2, 0) is 20.8 Å². The van der Waals surface area contributed by atoms with Gasteiger partial charge in [-0.2, -0.15) is 0 Å². The van der Waals surface area contributed by atoms with Crippen LogP contribution in [0.15, 0.2) is 41.2 Å². The van der Waals surface area contributed by atoms with Gasteiger partial charge in [0, 0.05) is 29.0 Å². The number of aldehydes is 1. The number of nitrogens with two attached hydrogens (primary N) is 1. The quantitative estimate of drug-likeness (QED) is 0.192. The monoisotopic (exact) mass is 631 g/mol. The van der Waals surface area contributed by atoms with E-state index in [2.05, 4.69) is 0 Å². The summed E-state index contributed by atoms with van der Waals surface area (Å²) in [4.78, 5) is 49.5. The lowest BCUT2D eigenvalue weighted by Crippen LogP contribution is -2.58. The van der Waals surface area contributed by atoms with Gasteiger partial charge in [-0.1, -0.05) is 0 Å². The number of aliphatic hydroxyl groups excluding tert-OH is 2. The van der Waals surface area contributed by atoms with Crippen LogP contribution in [0, 0.1) is 15.4 Å². The van der Waals surface area contributed by atoms with Gasteiger partial charge in [-0.05, 0) is 76.7 Å². The molecule has 3 atom stereocenters. The summed E-state index contributed by atoms with van der Waals surface area (Å²) in [5.74, 6) is -6.43. The number of carbonyl (C=O) groups excluding carboxylic acids is 4. The first-order chi connectivity index (χ1) is 17.9. The predicted molar refractivity (Wildman–Crippen MR) is 141 cm³/mol. The maximum atomic E-state index is 13.7. The average Bonchev–Trinajstić information content (AvgIpc) is 2.87. The number of hydrogen-bond acceptors (Lipinski definition) is 9. The molecule has 6 N–H and O–H groups in total. The molecular formula is C27H22INO9. The zero-order chi connectivity index (χ0) is 27.7. The molecule has 1 amide bonds. The normalized spacial score (nSPS) is 24.5. The molecule has 1 fully saturated rings. The fraction of sp³-hybridized carbons (Fsp3) is 0.259. The van der Waals surface area contributed by atoms with Gasteiger partial charge in [0.15, 0.2) is 11.4 Å². The Kier molecular flexibility index (Phi) is 6.10. The van der Waals surface area contributed by atoms with Gasteiger partial charge >= 0.3 is 0 Å². The summed E-state index contributed by atoms with van der Waals surface area (Å²) < 4.78 is 5.83. The molecule has 0 unspecified atom stereocenters. The van der Waals surface area contributed by atoms with Crippen LogP contribution in [0.4, 0.5) is 0 Å². The molecule has 0 saturated heterocycles. The Hall–Kier alpha value is -3.71. The van der Waals surface area contributed by atoms with Crippen LogP contribution in [0.2, 0.25) is 0 Å². The highest BCUT2D eigenvalue weighted by Gasteiger charge is 2.60. The molecule has 3 aliphatic rings. The first-order valence-electron chi connectivity index (χ1n) is 11.6. The van der Waals surface area contributed by atoms with E-state index in [-0.39, 0.29) is 29.7 Å². The average molecular weight is 631 g/mol. The Balaban J connectivity index is 1.76. The van der Waals surface area contributed by atoms with E-state index >= 15 is 0 Å². The molecule has 10 nitrogen and oxygen atoms in total. The van der Waals surface area contributed by atoms with Crippen molar-refractivity contribution < 1.29 is 44.3 Å². The van der Waals surface area contributed by atoms with Crippen molar-refractivity contribution in [3.8, 4) is 22.6 Å². The predicted octanol–water partition coefficient (Wildman–Crippen LogP) is 2.52. The molecule has 0 aromatic heterocycles. The van der Waals surface area contributed by atoms with Crippen molar-refractivity contribution in [1.29, 1.82) is 0 Å². The van der Waals surface area contributed by atoms with Crippen molar-refractivity contribution in [3.05, 3.63) is 61.4 Å². The molecule has 0 bridgehead atoms. The lowest BCUT2D eigenvalue weighted by molar-refractivity contribution is -0.147. The summed E-state index contributed by atoms with van der Waals surface area (Å²) in [5.41, 5.74) is 3.44. The van der Waals surface area contributed by atoms with Crippen LogP contribution >= 0.6 is 22.6 Å². The Labute approximate surface area is 229 Å². The summed E-state index contributed by atoms with van der Waals surface area (Å²) in [5, 5.41) is 44.4. The number of fused-ring (bicyclic) bond motifs is 3. The largest absolute Gasteiger partial charge is 0.508 e. The molecule has 2 aromatic rings. The van der Waals surface area contributed by atoms with E-state index in [1.807, 2.05) is 22.6 Å². The molecule has 3 aliphatic carbocycles. The van der Waals surface area contributed by atoms with E-state index in [0.29, 0.717) is 37.9 Å². The number of phenols is 1. The number of ether oxygens (including phenoxy) is 1. The minimum absolute atomic E-state index is 0.0145. The van der Waals surface area contributed by atoms with Gasteiger partial charge in [-0.3, -0.25) is 19.2 Å². The van der Waals surface area contributed by atoms with Crippen LogP contribution in [0.1, 0.15) is 34.3 Å². The second-order valence-corrected chi connectivity index (χ2v) is 10.8. The Morgan fingerprint density at radius 1 is 1.16 bits per heavy atom. The molecule has 0 spiro atoms. The van der Waals surface area contributed by atoms with Crippen LogP contribution in [0.3, 0.4) is 0 Å². The lowest BCUT2D eigenvalue weighted by Gasteiger charge is -2.46. The van der Waals surface area contributed by atoms with Crippen molar-refractivity contribution in [2.75, 3.05) is 7.11 Å². The molecule has 11 heteroatoms. The standard InChI is InChI=1S/C27H22INO9/c1-38-18-3-2-10(9-30)4-14(18)13-8-16(28)22(32)20-15(13)6-11-5-12-7-17(31)21(26(29)36)25(35)27(12,37)24(34)19(11)23(20)33/h2-4,8-9,11-12,32-33,35,37H,5-7H2,1H3,(H2,29,36)/t11-,12+,27+/m1/s1. The van der Waals surface area contributed by atoms with Gasteiger partial charge in [-0.25, -0.2) is 0 Å². The second-order valence-electron chi connectivity index (χ2n) is 9.59. The third-order valence-corrected chi connectivity index (χ3v) is 8.49. The Morgan fingerprint density at radius 3 is 2.50 bits per heavy atom. The number of benzene rings is 2. The molecule has 196 valence electrons. The van der Waals surface area contributed by atoms with Crippen LogP contribution in [-0.4, -0.2) is 56.9 Å². The molecule has 0 aliphatic heterocycles. The van der Waals surface area contributed by atoms with Gasteiger partial charge in [0.05, 0.1) is 16.2 Å². The smallest absolute Gasteiger partial charge is 0.255 e. The number of ketones is 2. The van der Waals surface area contributed by atoms with Crippen molar-refractivity contribution in [1.82, 2.24) is 0 Å². The van der Waals surface area contributed by atoms with E-state index in [1.165, 1.54) is 7.11 Å². The second kappa shape index (κ2) is 8.95. The summed E-state index contributed by atoms with van der Waals surface area (Å²) in [7, 11) is 1.47. The minimum Gasteiger partial charge on any atom is -0.508 e. The Morgan fingerprint density at radius 2 is 1.87 bits per heavy atom. The summed E-state index contributed by atoms with van der Waals surface area (Å²) in [6.45, 7) is 0. The third-order valence-electron chi connectivity index (χ3n) is 7.67. The van der Waals surface area contributed by atoms with E-state index in [0.717, 1.165) is 0 Å². The number of aliphatic hydroxyl groups is 3. The van der Waals surface area contributed by atoms with Crippen LogP contribution in [0.25, 0.3) is 16.9 Å². The first kappa shape index (κ1) is 25.9. The highest BCUT2D eigenvalue weighted by Crippen LogP contribution is 2.54. The van der Waals surface area contributed by atoms with E-state index in [1.54, 1.807) is 24.3 Å². The topological polar surface area (TPSA) is 184 Å². The molecular weight excluding hydrogens is 609 g/mol. The van der Waals surface area contributed by atoms with Crippen molar-refractivity contribution >= 4 is 52.1 Å². The molecule has 38 heavy (non-hydrogen) atoms. The number of aromatic hydroxyl groups is 1. The third kappa shape index (κ3) is 3.48. The number of methoxy groups -OCH3 is 1. The van der Waals surface area contributed by atoms with Gasteiger partial charge < -0.3 is 30.9 Å². The summed E-state index contributed by atoms with van der Waals surface area (Å²) >= 11 is 1.87. The fourth-order valence-corrected chi connectivity index (χ4v) is 6.49. The maximum Gasteiger partial charge on any atom is 0.255 e. The summed E-state index contributed by atoms with van der Waals surface area (Å²) in [6, 6.07) is 6.50. The fourth-order valence-electron chi connectivity index (χ4n) is 5.91. The molecule has 2 aromatic carbocycles. The molecule has 0 radical (unpaired) electrons. The number of phenolic OH excluding ortho intramolecular Hbond substituents is 1. The zero-order valence-corrected chi connectivity index (χ0v) is 22.1. The van der Waals surface area contributed by atoms with Crippen LogP contribution in [0.5, 0.6) is 11.5 Å². The highest BCUT2D eigenvalue weighted by atomic mass is 127. The van der Waals surface area contributed by atoms with E-state index in [9.17, 15) is 39.6 Å². The number of amides is 1. The first-order valence-corrected chi connectivity index (χ1v) is 12.7. The van der Waals surface area contributed by atoms with E-state index in [4.69, 9.17) is 10.5 Å². The van der Waals surface area contributed by atoms with Gasteiger partial charge in [0.2, 0.25) is 5.78 Å². The van der Waals surface area contributed by atoms with Crippen molar-refractivity contribution in [3.63, 3.8) is 0 Å². The molecule has 5 rings (SSSR count). The van der Waals surface area contributed by atoms with Crippen molar-refractivity contribution in [2.45, 2.75) is 24.9 Å². The number of carbonyl (C=O) groups is 4. The SMILES string of the molecule is COc1ccc(C=O)cc1-c1cc(I)c(O)c2c1C[C@H]1C[C@H]3CC(=O)C(C(N)=O)=C(O)[C@@]3(O)C(=O)C1=C2O. The molecule has 0 heterocycles.